The highest BCUT2D eigenvalue weighted by molar-refractivity contribution is 5.91. The zero-order chi connectivity index (χ0) is 14.0. The van der Waals surface area contributed by atoms with E-state index in [0.717, 1.165) is 50.4 Å². The van der Waals surface area contributed by atoms with Crippen LogP contribution in [0, 0.1) is 0 Å². The third-order valence-corrected chi connectivity index (χ3v) is 3.85. The smallest absolute Gasteiger partial charge is 0.305 e. The molecule has 0 saturated carbocycles. The second-order valence-corrected chi connectivity index (χ2v) is 4.99. The maximum atomic E-state index is 13.0. The van der Waals surface area contributed by atoms with Crippen molar-refractivity contribution in [3.8, 4) is 0 Å². The molecule has 0 aromatic heterocycles. The predicted molar refractivity (Wildman–Crippen MR) is 75.1 cm³/mol. The summed E-state index contributed by atoms with van der Waals surface area (Å²) in [6.45, 7) is 4.19. The number of carbonyl (C=O) groups excluding carboxylic acids is 1. The van der Waals surface area contributed by atoms with E-state index in [2.05, 4.69) is 25.2 Å². The average molecular weight is 264 g/mol. The highest BCUT2D eigenvalue weighted by Crippen LogP contribution is 2.35. The zero-order valence-corrected chi connectivity index (χ0v) is 11.8. The minimum absolute atomic E-state index is 0.0966. The van der Waals surface area contributed by atoms with Crippen LogP contribution in [-0.2, 0) is 25.7 Å². The molecule has 1 aliphatic rings. The Labute approximate surface area is 113 Å². The Hall–Kier alpha value is -1.58. The Morgan fingerprint density at radius 2 is 2.11 bits per heavy atom. The van der Waals surface area contributed by atoms with Gasteiger partial charge in [-0.25, -0.2) is 4.79 Å². The number of aryl methyl sites for hydroxylation is 2. The number of halogens is 1. The summed E-state index contributed by atoms with van der Waals surface area (Å²) in [6.07, 6.45) is 4.92. The second kappa shape index (κ2) is 5.59. The van der Waals surface area contributed by atoms with Gasteiger partial charge in [-0.05, 0) is 54.4 Å². The molecule has 0 heterocycles. The van der Waals surface area contributed by atoms with Gasteiger partial charge in [0.05, 0.1) is 0 Å². The number of nitrogens with one attached hydrogen (secondary N) is 1. The molecule has 2 rings (SSSR count). The van der Waals surface area contributed by atoms with E-state index in [0.29, 0.717) is 0 Å². The fraction of sp³-hybridized carbons (Fsp3) is 0.533. The van der Waals surface area contributed by atoms with Crippen LogP contribution in [0.15, 0.2) is 6.07 Å². The van der Waals surface area contributed by atoms with Crippen LogP contribution >= 0.6 is 0 Å². The monoisotopic (exact) mass is 264 g/mol. The lowest BCUT2D eigenvalue weighted by Gasteiger charge is -2.19. The summed E-state index contributed by atoms with van der Waals surface area (Å²) in [5.74, 6) is 0. The number of fused-ring (bicyclic) bond motifs is 1. The van der Waals surface area contributed by atoms with Crippen LogP contribution in [0.4, 0.5) is 15.0 Å². The molecule has 104 valence electrons. The topological polar surface area (TPSA) is 32.3 Å². The summed E-state index contributed by atoms with van der Waals surface area (Å²) in [7, 11) is 1.12. The van der Waals surface area contributed by atoms with Gasteiger partial charge in [-0.15, -0.1) is 0 Å². The average Bonchev–Trinajstić information content (AvgIpc) is 2.85. The molecular formula is C15H21FN2O. The third kappa shape index (κ3) is 2.57. The summed E-state index contributed by atoms with van der Waals surface area (Å²) in [5.41, 5.74) is 5.78. The van der Waals surface area contributed by atoms with Crippen LogP contribution in [0.25, 0.3) is 0 Å². The standard InChI is InChI=1S/C15H21FN2O/c1-4-10-9-11-7-6-8-13(11)14(12(10)5-2)17-15(19)18(3)16/h9H,4-8H2,1-3H3,(H,17,19). The maximum absolute atomic E-state index is 13.0. The molecule has 0 atom stereocenters. The first kappa shape index (κ1) is 13.8. The fourth-order valence-electron chi connectivity index (χ4n) is 2.91. The van der Waals surface area contributed by atoms with Crippen LogP contribution in [0.5, 0.6) is 0 Å². The lowest BCUT2D eigenvalue weighted by atomic mass is 9.94. The number of carbonyl (C=O) groups is 1. The predicted octanol–water partition coefficient (Wildman–Crippen LogP) is 3.65. The number of anilines is 1. The molecule has 19 heavy (non-hydrogen) atoms. The van der Waals surface area contributed by atoms with Crippen molar-refractivity contribution >= 4 is 11.7 Å². The molecule has 0 fully saturated rings. The molecule has 1 N–H and O–H groups in total. The van der Waals surface area contributed by atoms with E-state index in [-0.39, 0.29) is 5.12 Å². The third-order valence-electron chi connectivity index (χ3n) is 3.85. The molecule has 0 saturated heterocycles. The molecule has 0 aliphatic heterocycles. The number of urea groups is 1. The molecular weight excluding hydrogens is 243 g/mol. The lowest BCUT2D eigenvalue weighted by molar-refractivity contribution is 0.104. The number of nitrogens with zero attached hydrogens (tertiary/aromatic N) is 1. The van der Waals surface area contributed by atoms with Crippen molar-refractivity contribution in [1.82, 2.24) is 5.12 Å². The summed E-state index contributed by atoms with van der Waals surface area (Å²) in [4.78, 5) is 11.6. The number of rotatable bonds is 3. The Morgan fingerprint density at radius 1 is 1.37 bits per heavy atom. The number of benzene rings is 1. The van der Waals surface area contributed by atoms with E-state index in [1.165, 1.54) is 16.7 Å². The lowest BCUT2D eigenvalue weighted by Crippen LogP contribution is -2.25. The van der Waals surface area contributed by atoms with Gasteiger partial charge in [0.25, 0.3) is 0 Å². The van der Waals surface area contributed by atoms with Crippen molar-refractivity contribution in [3.63, 3.8) is 0 Å². The first-order valence-corrected chi connectivity index (χ1v) is 6.95. The molecule has 1 aromatic rings. The molecule has 1 aromatic carbocycles. The van der Waals surface area contributed by atoms with Crippen LogP contribution in [-0.4, -0.2) is 18.2 Å². The van der Waals surface area contributed by atoms with Crippen LogP contribution in [0.1, 0.15) is 42.5 Å². The van der Waals surface area contributed by atoms with Gasteiger partial charge in [-0.2, -0.15) is 5.12 Å². The SMILES string of the molecule is CCc1cc2c(c(NC(=O)N(C)F)c1CC)CCC2. The van der Waals surface area contributed by atoms with Crippen molar-refractivity contribution in [3.05, 3.63) is 28.3 Å². The van der Waals surface area contributed by atoms with Crippen molar-refractivity contribution in [1.29, 1.82) is 0 Å². The Bertz CT molecular complexity index is 497. The second-order valence-electron chi connectivity index (χ2n) is 4.99. The minimum Gasteiger partial charge on any atom is -0.305 e. The van der Waals surface area contributed by atoms with Gasteiger partial charge in [0.2, 0.25) is 0 Å². The largest absolute Gasteiger partial charge is 0.349 e. The van der Waals surface area contributed by atoms with E-state index >= 15 is 0 Å². The summed E-state index contributed by atoms with van der Waals surface area (Å²) >= 11 is 0. The zero-order valence-electron chi connectivity index (χ0n) is 11.8. The molecule has 3 nitrogen and oxygen atoms in total. The molecule has 0 radical (unpaired) electrons. The van der Waals surface area contributed by atoms with Crippen molar-refractivity contribution in [2.45, 2.75) is 46.0 Å². The quantitative estimate of drug-likeness (QED) is 0.830. The van der Waals surface area contributed by atoms with Gasteiger partial charge in [-0.1, -0.05) is 24.4 Å². The van der Waals surface area contributed by atoms with Gasteiger partial charge >= 0.3 is 6.03 Å². The highest BCUT2D eigenvalue weighted by Gasteiger charge is 2.22. The minimum atomic E-state index is -0.697. The van der Waals surface area contributed by atoms with Crippen LogP contribution < -0.4 is 5.32 Å². The van der Waals surface area contributed by atoms with E-state index < -0.39 is 6.03 Å². The normalized spacial score (nSPS) is 13.3. The van der Waals surface area contributed by atoms with Gasteiger partial charge in [0, 0.05) is 12.7 Å². The van der Waals surface area contributed by atoms with Crippen molar-refractivity contribution in [2.24, 2.45) is 0 Å². The van der Waals surface area contributed by atoms with Crippen LogP contribution in [0.2, 0.25) is 0 Å². The van der Waals surface area contributed by atoms with Crippen molar-refractivity contribution in [2.75, 3.05) is 12.4 Å². The van der Waals surface area contributed by atoms with Gasteiger partial charge < -0.3 is 5.32 Å². The fourth-order valence-corrected chi connectivity index (χ4v) is 2.91. The maximum Gasteiger partial charge on any atom is 0.349 e. The van der Waals surface area contributed by atoms with Gasteiger partial charge in [-0.3, -0.25) is 0 Å². The molecule has 4 heteroatoms. The van der Waals surface area contributed by atoms with E-state index in [1.54, 1.807) is 0 Å². The molecule has 2 amide bonds. The van der Waals surface area contributed by atoms with Gasteiger partial charge in [0.15, 0.2) is 0 Å². The number of hydrogen-bond donors (Lipinski definition) is 1. The summed E-state index contributed by atoms with van der Waals surface area (Å²) < 4.78 is 13.0. The Morgan fingerprint density at radius 3 is 2.68 bits per heavy atom. The molecule has 1 aliphatic carbocycles. The summed E-state index contributed by atoms with van der Waals surface area (Å²) in [6, 6.07) is 1.56. The van der Waals surface area contributed by atoms with E-state index in [4.69, 9.17) is 0 Å². The first-order valence-electron chi connectivity index (χ1n) is 6.95. The number of amides is 2. The van der Waals surface area contributed by atoms with Gasteiger partial charge in [0.1, 0.15) is 0 Å². The first-order chi connectivity index (χ1) is 9.08. The van der Waals surface area contributed by atoms with E-state index in [1.807, 2.05) is 0 Å². The Kier molecular flexibility index (Phi) is 4.08. The summed E-state index contributed by atoms with van der Waals surface area (Å²) in [5, 5.41) is 2.84. The van der Waals surface area contributed by atoms with Crippen molar-refractivity contribution < 1.29 is 9.28 Å². The molecule has 0 unspecified atom stereocenters. The molecule has 0 spiro atoms. The molecule has 0 bridgehead atoms. The van der Waals surface area contributed by atoms with E-state index in [9.17, 15) is 9.28 Å². The number of hydrogen-bond acceptors (Lipinski definition) is 1. The Balaban J connectivity index is 2.49. The van der Waals surface area contributed by atoms with Crippen LogP contribution in [0.3, 0.4) is 0 Å². The highest BCUT2D eigenvalue weighted by atomic mass is 19.2.